The SMILES string of the molecule is CC.CC(C)C1CCCC(O)C1.CC1CCCCC1O. The number of hydrogen-bond donors (Lipinski definition) is 2. The number of aliphatic hydroxyl groups excluding tert-OH is 2. The van der Waals surface area contributed by atoms with E-state index in [0.717, 1.165) is 31.1 Å². The van der Waals surface area contributed by atoms with Gasteiger partial charge in [-0.05, 0) is 43.4 Å². The summed E-state index contributed by atoms with van der Waals surface area (Å²) in [7, 11) is 0. The molecular weight excluding hydrogens is 248 g/mol. The fourth-order valence-corrected chi connectivity index (χ4v) is 3.10. The van der Waals surface area contributed by atoms with Gasteiger partial charge in [0.25, 0.3) is 0 Å². The van der Waals surface area contributed by atoms with Crippen LogP contribution in [0.2, 0.25) is 0 Å². The normalized spacial score (nSPS) is 33.6. The maximum atomic E-state index is 9.33. The summed E-state index contributed by atoms with van der Waals surface area (Å²) < 4.78 is 0. The van der Waals surface area contributed by atoms with E-state index in [1.807, 2.05) is 13.8 Å². The lowest BCUT2D eigenvalue weighted by atomic mass is 9.80. The van der Waals surface area contributed by atoms with Crippen LogP contribution in [0.25, 0.3) is 0 Å². The van der Waals surface area contributed by atoms with Gasteiger partial charge in [-0.25, -0.2) is 0 Å². The minimum Gasteiger partial charge on any atom is -0.393 e. The van der Waals surface area contributed by atoms with Gasteiger partial charge < -0.3 is 10.2 Å². The molecule has 0 bridgehead atoms. The molecule has 122 valence electrons. The van der Waals surface area contributed by atoms with Gasteiger partial charge in [-0.2, -0.15) is 0 Å². The summed E-state index contributed by atoms with van der Waals surface area (Å²) in [5.41, 5.74) is 0. The summed E-state index contributed by atoms with van der Waals surface area (Å²) in [4.78, 5) is 0. The van der Waals surface area contributed by atoms with E-state index in [1.54, 1.807) is 0 Å². The fourth-order valence-electron chi connectivity index (χ4n) is 3.10. The second-order valence-electron chi connectivity index (χ2n) is 6.65. The maximum absolute atomic E-state index is 9.33. The average molecular weight is 286 g/mol. The molecule has 4 unspecified atom stereocenters. The van der Waals surface area contributed by atoms with E-state index in [9.17, 15) is 10.2 Å². The smallest absolute Gasteiger partial charge is 0.0565 e. The van der Waals surface area contributed by atoms with E-state index in [2.05, 4.69) is 20.8 Å². The van der Waals surface area contributed by atoms with E-state index < -0.39 is 0 Å². The van der Waals surface area contributed by atoms with E-state index in [1.165, 1.54) is 32.1 Å². The van der Waals surface area contributed by atoms with Crippen molar-refractivity contribution in [3.05, 3.63) is 0 Å². The summed E-state index contributed by atoms with van der Waals surface area (Å²) >= 11 is 0. The predicted octanol–water partition coefficient (Wildman–Crippen LogP) is 4.78. The highest BCUT2D eigenvalue weighted by Crippen LogP contribution is 2.29. The first-order valence-corrected chi connectivity index (χ1v) is 8.86. The van der Waals surface area contributed by atoms with Crippen LogP contribution in [0.4, 0.5) is 0 Å². The van der Waals surface area contributed by atoms with Crippen LogP contribution < -0.4 is 0 Å². The Kier molecular flexibility index (Phi) is 11.5. The summed E-state index contributed by atoms with van der Waals surface area (Å²) in [6.07, 6.45) is 9.43. The van der Waals surface area contributed by atoms with Crippen LogP contribution in [-0.2, 0) is 0 Å². The first-order valence-electron chi connectivity index (χ1n) is 8.86. The van der Waals surface area contributed by atoms with Gasteiger partial charge in [0.15, 0.2) is 0 Å². The summed E-state index contributed by atoms with van der Waals surface area (Å²) in [5.74, 6) is 2.10. The standard InChI is InChI=1S/C9H18O.C7H14O.C2H6/c1-7(2)8-4-3-5-9(10)6-8;1-6-4-2-3-5-7(6)8;1-2/h7-10H,3-6H2,1-2H3;6-8H,2-5H2,1H3;1-2H3. The molecule has 0 aromatic rings. The zero-order valence-corrected chi connectivity index (χ0v) is 14.4. The first-order chi connectivity index (χ1) is 9.50. The Balaban J connectivity index is 0.000000327. The van der Waals surface area contributed by atoms with E-state index in [0.29, 0.717) is 5.92 Å². The number of rotatable bonds is 1. The lowest BCUT2D eigenvalue weighted by molar-refractivity contribution is 0.0793. The molecule has 0 heterocycles. The lowest BCUT2D eigenvalue weighted by Crippen LogP contribution is -2.22. The molecule has 20 heavy (non-hydrogen) atoms. The zero-order valence-electron chi connectivity index (χ0n) is 14.4. The monoisotopic (exact) mass is 286 g/mol. The molecule has 2 fully saturated rings. The second kappa shape index (κ2) is 11.6. The molecule has 2 saturated carbocycles. The topological polar surface area (TPSA) is 40.5 Å². The lowest BCUT2D eigenvalue weighted by Gasteiger charge is -2.28. The Morgan fingerprint density at radius 1 is 0.850 bits per heavy atom. The summed E-state index contributed by atoms with van der Waals surface area (Å²) in [6.45, 7) is 10.6. The van der Waals surface area contributed by atoms with Crippen molar-refractivity contribution >= 4 is 0 Å². The highest BCUT2D eigenvalue weighted by molar-refractivity contribution is 4.73. The first kappa shape index (κ1) is 19.9. The molecule has 4 atom stereocenters. The van der Waals surface area contributed by atoms with Crippen LogP contribution in [0, 0.1) is 17.8 Å². The molecule has 0 spiro atoms. The van der Waals surface area contributed by atoms with Crippen LogP contribution in [-0.4, -0.2) is 22.4 Å². The number of hydrogen-bond acceptors (Lipinski definition) is 2. The van der Waals surface area contributed by atoms with Crippen molar-refractivity contribution in [2.75, 3.05) is 0 Å². The van der Waals surface area contributed by atoms with Gasteiger partial charge in [-0.15, -0.1) is 0 Å². The second-order valence-corrected chi connectivity index (χ2v) is 6.65. The van der Waals surface area contributed by atoms with Crippen molar-refractivity contribution in [1.82, 2.24) is 0 Å². The van der Waals surface area contributed by atoms with Crippen LogP contribution in [0.15, 0.2) is 0 Å². The minimum atomic E-state index is 0.00106. The quantitative estimate of drug-likeness (QED) is 0.728. The van der Waals surface area contributed by atoms with Crippen molar-refractivity contribution < 1.29 is 10.2 Å². The van der Waals surface area contributed by atoms with Gasteiger partial charge in [0.2, 0.25) is 0 Å². The third-order valence-corrected chi connectivity index (χ3v) is 4.70. The van der Waals surface area contributed by atoms with Gasteiger partial charge in [0.1, 0.15) is 0 Å². The maximum Gasteiger partial charge on any atom is 0.0565 e. The van der Waals surface area contributed by atoms with Crippen molar-refractivity contribution in [3.63, 3.8) is 0 Å². The van der Waals surface area contributed by atoms with Crippen LogP contribution >= 0.6 is 0 Å². The Hall–Kier alpha value is -0.0800. The molecule has 2 rings (SSSR count). The molecule has 0 saturated heterocycles. The molecule has 0 aromatic carbocycles. The highest BCUT2D eigenvalue weighted by atomic mass is 16.3. The van der Waals surface area contributed by atoms with Crippen molar-refractivity contribution in [3.8, 4) is 0 Å². The molecule has 0 aromatic heterocycles. The minimum absolute atomic E-state index is 0.00106. The molecular formula is C18H38O2. The zero-order chi connectivity index (χ0) is 15.5. The molecule has 0 radical (unpaired) electrons. The third-order valence-electron chi connectivity index (χ3n) is 4.70. The Labute approximate surface area is 127 Å². The molecule has 0 aliphatic heterocycles. The Morgan fingerprint density at radius 3 is 1.80 bits per heavy atom. The molecule has 2 heteroatoms. The largest absolute Gasteiger partial charge is 0.393 e. The number of aliphatic hydroxyl groups is 2. The van der Waals surface area contributed by atoms with Gasteiger partial charge in [0, 0.05) is 0 Å². The van der Waals surface area contributed by atoms with Gasteiger partial charge in [-0.1, -0.05) is 60.3 Å². The average Bonchev–Trinajstić information content (AvgIpc) is 2.45. The Bertz CT molecular complexity index is 205. The van der Waals surface area contributed by atoms with Gasteiger partial charge in [0.05, 0.1) is 12.2 Å². The molecule has 2 N–H and O–H groups in total. The predicted molar refractivity (Wildman–Crippen MR) is 87.8 cm³/mol. The van der Waals surface area contributed by atoms with Crippen LogP contribution in [0.5, 0.6) is 0 Å². The molecule has 2 nitrogen and oxygen atoms in total. The van der Waals surface area contributed by atoms with Crippen LogP contribution in [0.1, 0.15) is 86.0 Å². The summed E-state index contributed by atoms with van der Waals surface area (Å²) in [6, 6.07) is 0. The Morgan fingerprint density at radius 2 is 1.45 bits per heavy atom. The third kappa shape index (κ3) is 8.26. The van der Waals surface area contributed by atoms with E-state index in [4.69, 9.17) is 0 Å². The van der Waals surface area contributed by atoms with Crippen molar-refractivity contribution in [2.45, 2.75) is 98.2 Å². The van der Waals surface area contributed by atoms with E-state index >= 15 is 0 Å². The molecule has 2 aliphatic carbocycles. The summed E-state index contributed by atoms with van der Waals surface area (Å²) in [5, 5.41) is 18.5. The van der Waals surface area contributed by atoms with Crippen LogP contribution in [0.3, 0.4) is 0 Å². The highest BCUT2D eigenvalue weighted by Gasteiger charge is 2.22. The fraction of sp³-hybridized carbons (Fsp3) is 1.00. The molecule has 2 aliphatic rings. The van der Waals surface area contributed by atoms with Gasteiger partial charge >= 0.3 is 0 Å². The van der Waals surface area contributed by atoms with E-state index in [-0.39, 0.29) is 12.2 Å². The van der Waals surface area contributed by atoms with Gasteiger partial charge in [-0.3, -0.25) is 0 Å². The van der Waals surface area contributed by atoms with Crippen molar-refractivity contribution in [2.24, 2.45) is 17.8 Å². The molecule has 0 amide bonds. The van der Waals surface area contributed by atoms with Crippen molar-refractivity contribution in [1.29, 1.82) is 0 Å².